The van der Waals surface area contributed by atoms with Gasteiger partial charge in [-0.15, -0.1) is 0 Å². The minimum Gasteiger partial charge on any atom is -0.345 e. The van der Waals surface area contributed by atoms with Gasteiger partial charge < -0.3 is 4.98 Å². The maximum absolute atomic E-state index is 11.0. The van der Waals surface area contributed by atoms with E-state index in [0.29, 0.717) is 17.0 Å². The van der Waals surface area contributed by atoms with Crippen molar-refractivity contribution in [1.82, 2.24) is 15.0 Å². The molecule has 0 saturated carbocycles. The lowest BCUT2D eigenvalue weighted by Gasteiger charge is -2.05. The Bertz CT molecular complexity index is 779. The van der Waals surface area contributed by atoms with Gasteiger partial charge in [0.2, 0.25) is 0 Å². The van der Waals surface area contributed by atoms with E-state index in [1.54, 1.807) is 6.20 Å². The van der Waals surface area contributed by atoms with Crippen molar-refractivity contribution in [3.05, 3.63) is 46.2 Å². The molecule has 0 saturated heterocycles. The molecule has 3 rings (SSSR count). The minimum absolute atomic E-state index is 0.589. The Morgan fingerprint density at radius 2 is 2.05 bits per heavy atom. The van der Waals surface area contributed by atoms with Crippen molar-refractivity contribution < 1.29 is 4.79 Å². The van der Waals surface area contributed by atoms with E-state index in [1.165, 1.54) is 0 Å². The molecule has 0 spiro atoms. The molecule has 0 aliphatic carbocycles. The molecule has 3 aromatic rings. The number of hydrogen-bond donors (Lipinski definition) is 1. The predicted molar refractivity (Wildman–Crippen MR) is 77.1 cm³/mol. The van der Waals surface area contributed by atoms with Gasteiger partial charge in [-0.3, -0.25) is 4.79 Å². The number of aldehydes is 1. The van der Waals surface area contributed by atoms with E-state index >= 15 is 0 Å². The SMILES string of the molecule is Cc1nc(-c2ccccc2Br)nc2[nH]cc(C=O)c12. The number of benzene rings is 1. The molecule has 19 heavy (non-hydrogen) atoms. The summed E-state index contributed by atoms with van der Waals surface area (Å²) in [7, 11) is 0. The van der Waals surface area contributed by atoms with Crippen molar-refractivity contribution in [3.63, 3.8) is 0 Å². The fourth-order valence-corrected chi connectivity index (χ4v) is 2.56. The zero-order valence-electron chi connectivity index (χ0n) is 10.1. The zero-order chi connectivity index (χ0) is 13.4. The summed E-state index contributed by atoms with van der Waals surface area (Å²) >= 11 is 3.49. The quantitative estimate of drug-likeness (QED) is 0.736. The topological polar surface area (TPSA) is 58.6 Å². The van der Waals surface area contributed by atoms with Crippen LogP contribution in [-0.4, -0.2) is 21.2 Å². The molecular formula is C14H10BrN3O. The van der Waals surface area contributed by atoms with Crippen molar-refractivity contribution in [1.29, 1.82) is 0 Å². The van der Waals surface area contributed by atoms with Gasteiger partial charge in [0.15, 0.2) is 12.1 Å². The molecule has 1 N–H and O–H groups in total. The number of hydrogen-bond acceptors (Lipinski definition) is 3. The van der Waals surface area contributed by atoms with Crippen molar-refractivity contribution in [2.45, 2.75) is 6.92 Å². The third-order valence-corrected chi connectivity index (χ3v) is 3.68. The molecule has 4 nitrogen and oxygen atoms in total. The van der Waals surface area contributed by atoms with Crippen molar-refractivity contribution in [3.8, 4) is 11.4 Å². The molecule has 2 heterocycles. The zero-order valence-corrected chi connectivity index (χ0v) is 11.7. The van der Waals surface area contributed by atoms with Crippen LogP contribution >= 0.6 is 15.9 Å². The van der Waals surface area contributed by atoms with E-state index < -0.39 is 0 Å². The lowest BCUT2D eigenvalue weighted by Crippen LogP contribution is -1.95. The van der Waals surface area contributed by atoms with Crippen LogP contribution in [0.1, 0.15) is 16.1 Å². The lowest BCUT2D eigenvalue weighted by molar-refractivity contribution is 0.112. The summed E-state index contributed by atoms with van der Waals surface area (Å²) in [4.78, 5) is 22.9. The predicted octanol–water partition coefficient (Wildman–Crippen LogP) is 3.51. The van der Waals surface area contributed by atoms with Crippen molar-refractivity contribution in [2.24, 2.45) is 0 Å². The molecule has 5 heteroatoms. The van der Waals surface area contributed by atoms with Gasteiger partial charge in [-0.05, 0) is 13.0 Å². The van der Waals surface area contributed by atoms with Crippen LogP contribution < -0.4 is 0 Å². The molecule has 0 unspecified atom stereocenters. The number of halogens is 1. The van der Waals surface area contributed by atoms with Crippen LogP contribution in [0.4, 0.5) is 0 Å². The average molecular weight is 316 g/mol. The maximum Gasteiger partial charge on any atom is 0.162 e. The first kappa shape index (κ1) is 12.0. The number of aryl methyl sites for hydroxylation is 1. The van der Waals surface area contributed by atoms with E-state index in [-0.39, 0.29) is 0 Å². The number of aromatic amines is 1. The number of nitrogens with one attached hydrogen (secondary N) is 1. The van der Waals surface area contributed by atoms with Gasteiger partial charge in [-0.25, -0.2) is 9.97 Å². The summed E-state index contributed by atoms with van der Waals surface area (Å²) in [6, 6.07) is 7.78. The van der Waals surface area contributed by atoms with Gasteiger partial charge in [0.1, 0.15) is 5.65 Å². The third kappa shape index (κ3) is 1.96. The summed E-state index contributed by atoms with van der Waals surface area (Å²) in [6.07, 6.45) is 2.47. The molecule has 0 aliphatic rings. The highest BCUT2D eigenvalue weighted by molar-refractivity contribution is 9.10. The second kappa shape index (κ2) is 4.59. The number of aromatic nitrogens is 3. The van der Waals surface area contributed by atoms with Gasteiger partial charge in [-0.1, -0.05) is 34.1 Å². The number of H-pyrrole nitrogens is 1. The Morgan fingerprint density at radius 1 is 1.26 bits per heavy atom. The standard InChI is InChI=1S/C14H10BrN3O/c1-8-12-9(7-19)6-16-14(12)18-13(17-8)10-4-2-3-5-11(10)15/h2-7H,1H3,(H,16,17,18). The summed E-state index contributed by atoms with van der Waals surface area (Å²) in [5.74, 6) is 0.636. The van der Waals surface area contributed by atoms with Gasteiger partial charge in [0, 0.05) is 21.8 Å². The van der Waals surface area contributed by atoms with Crippen LogP contribution in [0.2, 0.25) is 0 Å². The molecular weight excluding hydrogens is 306 g/mol. The second-order valence-corrected chi connectivity index (χ2v) is 5.05. The first-order valence-electron chi connectivity index (χ1n) is 5.76. The Kier molecular flexibility index (Phi) is 2.91. The molecule has 0 atom stereocenters. The Balaban J connectivity index is 2.28. The molecule has 94 valence electrons. The fraction of sp³-hybridized carbons (Fsp3) is 0.0714. The largest absolute Gasteiger partial charge is 0.345 e. The maximum atomic E-state index is 11.0. The first-order valence-corrected chi connectivity index (χ1v) is 6.56. The smallest absolute Gasteiger partial charge is 0.162 e. The van der Waals surface area contributed by atoms with Crippen molar-refractivity contribution in [2.75, 3.05) is 0 Å². The van der Waals surface area contributed by atoms with E-state index in [2.05, 4.69) is 30.9 Å². The van der Waals surface area contributed by atoms with E-state index in [0.717, 1.165) is 27.4 Å². The van der Waals surface area contributed by atoms with E-state index in [4.69, 9.17) is 0 Å². The average Bonchev–Trinajstić information content (AvgIpc) is 2.82. The first-order chi connectivity index (χ1) is 9.20. The molecule has 0 aliphatic heterocycles. The van der Waals surface area contributed by atoms with Crippen LogP contribution in [0.5, 0.6) is 0 Å². The van der Waals surface area contributed by atoms with Crippen LogP contribution in [0.25, 0.3) is 22.4 Å². The van der Waals surface area contributed by atoms with Crippen LogP contribution in [0.3, 0.4) is 0 Å². The molecule has 0 bridgehead atoms. The van der Waals surface area contributed by atoms with E-state index in [1.807, 2.05) is 31.2 Å². The molecule has 1 aromatic carbocycles. The molecule has 0 radical (unpaired) electrons. The number of carbonyl (C=O) groups excluding carboxylic acids is 1. The summed E-state index contributed by atoms with van der Waals surface area (Å²) in [5, 5.41) is 0.783. The molecule has 2 aromatic heterocycles. The fourth-order valence-electron chi connectivity index (χ4n) is 2.10. The highest BCUT2D eigenvalue weighted by Gasteiger charge is 2.12. The van der Waals surface area contributed by atoms with Gasteiger partial charge >= 0.3 is 0 Å². The monoisotopic (exact) mass is 315 g/mol. The van der Waals surface area contributed by atoms with Crippen LogP contribution in [-0.2, 0) is 0 Å². The lowest BCUT2D eigenvalue weighted by atomic mass is 10.2. The van der Waals surface area contributed by atoms with Gasteiger partial charge in [0.05, 0.1) is 11.1 Å². The normalized spacial score (nSPS) is 10.8. The molecule has 0 fully saturated rings. The molecule has 0 amide bonds. The number of rotatable bonds is 2. The van der Waals surface area contributed by atoms with Crippen LogP contribution in [0.15, 0.2) is 34.9 Å². The Morgan fingerprint density at radius 3 is 2.79 bits per heavy atom. The summed E-state index contributed by atoms with van der Waals surface area (Å²) in [6.45, 7) is 1.88. The van der Waals surface area contributed by atoms with Gasteiger partial charge in [-0.2, -0.15) is 0 Å². The third-order valence-electron chi connectivity index (χ3n) is 2.98. The van der Waals surface area contributed by atoms with Gasteiger partial charge in [0.25, 0.3) is 0 Å². The van der Waals surface area contributed by atoms with E-state index in [9.17, 15) is 4.79 Å². The second-order valence-electron chi connectivity index (χ2n) is 4.20. The Labute approximate surface area is 118 Å². The number of fused-ring (bicyclic) bond motifs is 1. The number of nitrogens with zero attached hydrogens (tertiary/aromatic N) is 2. The van der Waals surface area contributed by atoms with Crippen LogP contribution in [0, 0.1) is 6.92 Å². The highest BCUT2D eigenvalue weighted by atomic mass is 79.9. The Hall–Kier alpha value is -2.01. The highest BCUT2D eigenvalue weighted by Crippen LogP contribution is 2.27. The number of carbonyl (C=O) groups is 1. The summed E-state index contributed by atoms with van der Waals surface area (Å²) < 4.78 is 0.941. The minimum atomic E-state index is 0.589. The van der Waals surface area contributed by atoms with Crippen molar-refractivity contribution >= 4 is 33.2 Å². The summed E-state index contributed by atoms with van der Waals surface area (Å²) in [5.41, 5.74) is 2.99.